The van der Waals surface area contributed by atoms with Crippen molar-refractivity contribution in [3.8, 4) is 0 Å². The van der Waals surface area contributed by atoms with Crippen LogP contribution in [0, 0.1) is 9.49 Å². The molecule has 0 spiro atoms. The van der Waals surface area contributed by atoms with Gasteiger partial charge in [0.2, 0.25) is 0 Å². The van der Waals surface area contributed by atoms with Crippen LogP contribution in [0.25, 0.3) is 0 Å². The summed E-state index contributed by atoms with van der Waals surface area (Å²) < 4.78 is 8.74. The van der Waals surface area contributed by atoms with Crippen LogP contribution in [0.4, 0.5) is 0 Å². The van der Waals surface area contributed by atoms with Gasteiger partial charge in [0.05, 0.1) is 10.2 Å². The molecule has 4 heteroatoms. The second-order valence-electron chi connectivity index (χ2n) is 4.41. The summed E-state index contributed by atoms with van der Waals surface area (Å²) in [4.78, 5) is 0. The lowest BCUT2D eigenvalue weighted by molar-refractivity contribution is 0.0939. The fraction of sp³-hybridized carbons (Fsp3) is 0.727. The Balaban J connectivity index is 2.53. The Labute approximate surface area is 105 Å². The predicted octanol–water partition coefficient (Wildman–Crippen LogP) is 3.24. The highest BCUT2D eigenvalue weighted by atomic mass is 127. The third kappa shape index (κ3) is 4.10. The van der Waals surface area contributed by atoms with E-state index >= 15 is 0 Å². The molecule has 0 bridgehead atoms. The van der Waals surface area contributed by atoms with Crippen molar-refractivity contribution in [2.75, 3.05) is 6.61 Å². The Kier molecular flexibility index (Phi) is 5.05. The molecular formula is C11H19IN2O. The molecule has 0 N–H and O–H groups in total. The van der Waals surface area contributed by atoms with Gasteiger partial charge in [0.15, 0.2) is 0 Å². The number of hydrogen-bond donors (Lipinski definition) is 0. The number of rotatable bonds is 5. The molecule has 0 aliphatic carbocycles. The van der Waals surface area contributed by atoms with Gasteiger partial charge in [-0.1, -0.05) is 13.8 Å². The standard InChI is InChI=1S/C11H19IN2O/c1-8(2)6-15-7-11-10(12)5-14(13-11)9(3)4/h5,8-9H,6-7H2,1-4H3. The zero-order valence-electron chi connectivity index (χ0n) is 9.83. The van der Waals surface area contributed by atoms with E-state index < -0.39 is 0 Å². The number of nitrogens with zero attached hydrogens (tertiary/aromatic N) is 2. The number of aromatic nitrogens is 2. The van der Waals surface area contributed by atoms with E-state index in [0.29, 0.717) is 18.6 Å². The maximum atomic E-state index is 5.57. The van der Waals surface area contributed by atoms with Crippen LogP contribution in [0.2, 0.25) is 0 Å². The Morgan fingerprint density at radius 3 is 2.53 bits per heavy atom. The van der Waals surface area contributed by atoms with Gasteiger partial charge in [-0.2, -0.15) is 5.10 Å². The van der Waals surface area contributed by atoms with Gasteiger partial charge in [-0.15, -0.1) is 0 Å². The van der Waals surface area contributed by atoms with Gasteiger partial charge >= 0.3 is 0 Å². The third-order valence-electron chi connectivity index (χ3n) is 1.98. The first-order valence-corrected chi connectivity index (χ1v) is 6.39. The molecule has 1 heterocycles. The van der Waals surface area contributed by atoms with Crippen LogP contribution in [0.5, 0.6) is 0 Å². The van der Waals surface area contributed by atoms with Crippen LogP contribution in [0.3, 0.4) is 0 Å². The molecule has 0 atom stereocenters. The molecular weight excluding hydrogens is 303 g/mol. The van der Waals surface area contributed by atoms with Crippen LogP contribution in [0.1, 0.15) is 39.4 Å². The normalized spacial score (nSPS) is 11.7. The van der Waals surface area contributed by atoms with Gasteiger partial charge < -0.3 is 4.74 Å². The molecule has 0 saturated heterocycles. The van der Waals surface area contributed by atoms with Crippen molar-refractivity contribution in [3.05, 3.63) is 15.5 Å². The summed E-state index contributed by atoms with van der Waals surface area (Å²) in [5.41, 5.74) is 1.05. The molecule has 0 aliphatic rings. The van der Waals surface area contributed by atoms with E-state index in [1.807, 2.05) is 4.68 Å². The fourth-order valence-corrected chi connectivity index (χ4v) is 1.71. The van der Waals surface area contributed by atoms with Crippen molar-refractivity contribution in [1.29, 1.82) is 0 Å². The summed E-state index contributed by atoms with van der Waals surface area (Å²) in [6, 6.07) is 0.414. The number of halogens is 1. The van der Waals surface area contributed by atoms with Crippen LogP contribution >= 0.6 is 22.6 Å². The number of ether oxygens (including phenoxy) is 1. The Bertz CT molecular complexity index is 308. The van der Waals surface area contributed by atoms with Gasteiger partial charge in [-0.25, -0.2) is 0 Å². The van der Waals surface area contributed by atoms with Gasteiger partial charge in [0.1, 0.15) is 5.69 Å². The van der Waals surface area contributed by atoms with E-state index in [9.17, 15) is 0 Å². The lowest BCUT2D eigenvalue weighted by atomic mass is 10.2. The monoisotopic (exact) mass is 322 g/mol. The summed E-state index contributed by atoms with van der Waals surface area (Å²) in [5.74, 6) is 0.579. The molecule has 0 fully saturated rings. The second-order valence-corrected chi connectivity index (χ2v) is 5.57. The van der Waals surface area contributed by atoms with E-state index in [0.717, 1.165) is 12.3 Å². The van der Waals surface area contributed by atoms with Crippen molar-refractivity contribution in [3.63, 3.8) is 0 Å². The highest BCUT2D eigenvalue weighted by Crippen LogP contribution is 2.14. The summed E-state index contributed by atoms with van der Waals surface area (Å²) in [7, 11) is 0. The molecule has 86 valence electrons. The quantitative estimate of drug-likeness (QED) is 0.778. The molecule has 1 aromatic heterocycles. The Morgan fingerprint density at radius 1 is 1.40 bits per heavy atom. The molecule has 0 aliphatic heterocycles. The topological polar surface area (TPSA) is 27.1 Å². The van der Waals surface area contributed by atoms with Gasteiger partial charge in [0, 0.05) is 18.8 Å². The van der Waals surface area contributed by atoms with Gasteiger partial charge in [0.25, 0.3) is 0 Å². The zero-order valence-corrected chi connectivity index (χ0v) is 12.0. The van der Waals surface area contributed by atoms with Crippen LogP contribution in [-0.4, -0.2) is 16.4 Å². The van der Waals surface area contributed by atoms with Gasteiger partial charge in [-0.05, 0) is 42.4 Å². The first kappa shape index (κ1) is 13.0. The molecule has 0 radical (unpaired) electrons. The van der Waals surface area contributed by atoms with Crippen molar-refractivity contribution >= 4 is 22.6 Å². The van der Waals surface area contributed by atoms with Crippen molar-refractivity contribution < 1.29 is 4.74 Å². The zero-order chi connectivity index (χ0) is 11.4. The van der Waals surface area contributed by atoms with Crippen LogP contribution in [0.15, 0.2) is 6.20 Å². The van der Waals surface area contributed by atoms with E-state index in [1.54, 1.807) is 0 Å². The van der Waals surface area contributed by atoms with Crippen molar-refractivity contribution in [1.82, 2.24) is 9.78 Å². The summed E-state index contributed by atoms with van der Waals surface area (Å²) in [5, 5.41) is 4.49. The molecule has 1 aromatic rings. The molecule has 0 saturated carbocycles. The first-order chi connectivity index (χ1) is 7.00. The highest BCUT2D eigenvalue weighted by Gasteiger charge is 2.08. The molecule has 15 heavy (non-hydrogen) atoms. The molecule has 1 rings (SSSR count). The lowest BCUT2D eigenvalue weighted by Crippen LogP contribution is -2.05. The molecule has 0 amide bonds. The smallest absolute Gasteiger partial charge is 0.101 e. The SMILES string of the molecule is CC(C)COCc1nn(C(C)C)cc1I. The van der Waals surface area contributed by atoms with E-state index in [4.69, 9.17) is 4.74 Å². The van der Waals surface area contributed by atoms with E-state index in [1.165, 1.54) is 3.57 Å². The summed E-state index contributed by atoms with van der Waals surface area (Å²) in [6.45, 7) is 9.97. The van der Waals surface area contributed by atoms with Crippen molar-refractivity contribution in [2.24, 2.45) is 5.92 Å². The fourth-order valence-electron chi connectivity index (χ4n) is 1.16. The average Bonchev–Trinajstić information content (AvgIpc) is 2.47. The van der Waals surface area contributed by atoms with Gasteiger partial charge in [-0.3, -0.25) is 4.68 Å². The third-order valence-corrected chi connectivity index (χ3v) is 2.88. The summed E-state index contributed by atoms with van der Waals surface area (Å²) >= 11 is 2.31. The Morgan fingerprint density at radius 2 is 2.07 bits per heavy atom. The minimum Gasteiger partial charge on any atom is -0.375 e. The molecule has 0 unspecified atom stereocenters. The van der Waals surface area contributed by atoms with E-state index in [-0.39, 0.29) is 0 Å². The molecule has 3 nitrogen and oxygen atoms in total. The second kappa shape index (κ2) is 5.84. The largest absolute Gasteiger partial charge is 0.375 e. The maximum absolute atomic E-state index is 5.57. The summed E-state index contributed by atoms with van der Waals surface area (Å²) in [6.07, 6.45) is 2.07. The van der Waals surface area contributed by atoms with Crippen molar-refractivity contribution in [2.45, 2.75) is 40.3 Å². The minimum atomic E-state index is 0.414. The maximum Gasteiger partial charge on any atom is 0.101 e. The van der Waals surface area contributed by atoms with Crippen LogP contribution in [-0.2, 0) is 11.3 Å². The lowest BCUT2D eigenvalue weighted by Gasteiger charge is -2.05. The first-order valence-electron chi connectivity index (χ1n) is 5.32. The van der Waals surface area contributed by atoms with E-state index in [2.05, 4.69) is 61.6 Å². The minimum absolute atomic E-state index is 0.414. The average molecular weight is 322 g/mol. The predicted molar refractivity (Wildman–Crippen MR) is 69.8 cm³/mol. The molecule has 0 aromatic carbocycles. The van der Waals surface area contributed by atoms with Crippen LogP contribution < -0.4 is 0 Å². The number of hydrogen-bond acceptors (Lipinski definition) is 2. The Hall–Kier alpha value is -0.100. The highest BCUT2D eigenvalue weighted by molar-refractivity contribution is 14.1.